The van der Waals surface area contributed by atoms with Crippen molar-refractivity contribution in [3.05, 3.63) is 23.9 Å². The molecule has 0 saturated carbocycles. The first-order valence-corrected chi connectivity index (χ1v) is 6.63. The molecule has 0 bridgehead atoms. The molecule has 20 heavy (non-hydrogen) atoms. The lowest BCUT2D eigenvalue weighted by atomic mass is 10.1. The monoisotopic (exact) mass is 274 g/mol. The first kappa shape index (κ1) is 14.3. The fraction of sp³-hybridized carbons (Fsp3) is 0.500. The number of nitrogens with zero attached hydrogens (tertiary/aromatic N) is 4. The Hall–Kier alpha value is -2.13. The molecule has 0 atom stereocenters. The minimum Gasteiger partial charge on any atom is -0.393 e. The van der Waals surface area contributed by atoms with Crippen LogP contribution in [0.3, 0.4) is 0 Å². The summed E-state index contributed by atoms with van der Waals surface area (Å²) in [5, 5.41) is 18.2. The molecule has 1 fully saturated rings. The van der Waals surface area contributed by atoms with Gasteiger partial charge in [0.05, 0.1) is 18.2 Å². The van der Waals surface area contributed by atoms with Gasteiger partial charge in [-0.2, -0.15) is 5.26 Å². The van der Waals surface area contributed by atoms with Gasteiger partial charge in [-0.1, -0.05) is 0 Å². The number of aliphatic hydroxyl groups is 1. The van der Waals surface area contributed by atoms with Gasteiger partial charge in [-0.3, -0.25) is 4.79 Å². The topological polar surface area (TPSA) is 80.5 Å². The maximum atomic E-state index is 12.1. The van der Waals surface area contributed by atoms with E-state index < -0.39 is 0 Å². The zero-order chi connectivity index (χ0) is 14.5. The lowest BCUT2D eigenvalue weighted by Gasteiger charge is -2.31. The molecule has 0 aromatic carbocycles. The fourth-order valence-electron chi connectivity index (χ4n) is 2.18. The number of likely N-dealkylation sites (tertiary alicyclic amines) is 1. The molecule has 1 aliphatic heterocycles. The zero-order valence-electron chi connectivity index (χ0n) is 11.5. The van der Waals surface area contributed by atoms with Crippen LogP contribution in [0.5, 0.6) is 0 Å². The molecule has 1 aliphatic rings. The molecule has 0 aliphatic carbocycles. The van der Waals surface area contributed by atoms with Crippen LogP contribution in [0.1, 0.15) is 18.4 Å². The number of piperidine rings is 1. The van der Waals surface area contributed by atoms with Crippen LogP contribution < -0.4 is 4.90 Å². The number of anilines is 1. The van der Waals surface area contributed by atoms with Crippen molar-refractivity contribution in [1.29, 1.82) is 5.26 Å². The van der Waals surface area contributed by atoms with E-state index in [1.807, 2.05) is 6.07 Å². The molecule has 1 amide bonds. The van der Waals surface area contributed by atoms with E-state index in [1.54, 1.807) is 29.0 Å². The third-order valence-corrected chi connectivity index (χ3v) is 3.46. The van der Waals surface area contributed by atoms with Gasteiger partial charge in [0.15, 0.2) is 0 Å². The number of hydrogen-bond donors (Lipinski definition) is 1. The van der Waals surface area contributed by atoms with Crippen LogP contribution in [0.2, 0.25) is 0 Å². The number of amides is 1. The van der Waals surface area contributed by atoms with E-state index in [9.17, 15) is 9.90 Å². The Bertz CT molecular complexity index is 501. The van der Waals surface area contributed by atoms with Crippen LogP contribution in [-0.2, 0) is 4.79 Å². The molecule has 1 N–H and O–H groups in total. The van der Waals surface area contributed by atoms with Crippen molar-refractivity contribution < 1.29 is 9.90 Å². The van der Waals surface area contributed by atoms with Gasteiger partial charge in [0.2, 0.25) is 5.91 Å². The smallest absolute Gasteiger partial charge is 0.242 e. The molecule has 1 saturated heterocycles. The quantitative estimate of drug-likeness (QED) is 0.861. The lowest BCUT2D eigenvalue weighted by Crippen LogP contribution is -2.44. The Labute approximate surface area is 118 Å². The maximum Gasteiger partial charge on any atom is 0.242 e. The Kier molecular flexibility index (Phi) is 4.53. The summed E-state index contributed by atoms with van der Waals surface area (Å²) >= 11 is 0. The minimum atomic E-state index is -0.281. The second-order valence-corrected chi connectivity index (χ2v) is 4.98. The largest absolute Gasteiger partial charge is 0.393 e. The van der Waals surface area contributed by atoms with Crippen molar-refractivity contribution in [3.8, 4) is 6.07 Å². The van der Waals surface area contributed by atoms with Gasteiger partial charge in [-0.25, -0.2) is 4.98 Å². The Morgan fingerprint density at radius 2 is 2.25 bits per heavy atom. The number of nitriles is 1. The molecular weight excluding hydrogens is 256 g/mol. The van der Waals surface area contributed by atoms with Crippen molar-refractivity contribution >= 4 is 11.7 Å². The van der Waals surface area contributed by atoms with Crippen LogP contribution in [0, 0.1) is 11.3 Å². The van der Waals surface area contributed by atoms with E-state index in [4.69, 9.17) is 5.26 Å². The summed E-state index contributed by atoms with van der Waals surface area (Å²) < 4.78 is 0. The molecule has 6 nitrogen and oxygen atoms in total. The number of carbonyl (C=O) groups excluding carboxylic acids is 1. The lowest BCUT2D eigenvalue weighted by molar-refractivity contribution is -0.131. The summed E-state index contributed by atoms with van der Waals surface area (Å²) in [4.78, 5) is 19.8. The number of hydrogen-bond acceptors (Lipinski definition) is 5. The highest BCUT2D eigenvalue weighted by Crippen LogP contribution is 2.12. The number of rotatable bonds is 3. The summed E-state index contributed by atoms with van der Waals surface area (Å²) in [5.41, 5.74) is 0.499. The Morgan fingerprint density at radius 3 is 2.80 bits per heavy atom. The van der Waals surface area contributed by atoms with Crippen molar-refractivity contribution in [1.82, 2.24) is 9.88 Å². The van der Waals surface area contributed by atoms with E-state index >= 15 is 0 Å². The van der Waals surface area contributed by atoms with Crippen molar-refractivity contribution in [2.45, 2.75) is 18.9 Å². The molecule has 2 rings (SSSR count). The molecule has 0 unspecified atom stereocenters. The van der Waals surface area contributed by atoms with Gasteiger partial charge < -0.3 is 14.9 Å². The summed E-state index contributed by atoms with van der Waals surface area (Å²) in [6.45, 7) is 1.46. The number of carbonyl (C=O) groups is 1. The second-order valence-electron chi connectivity index (χ2n) is 4.98. The van der Waals surface area contributed by atoms with Gasteiger partial charge >= 0.3 is 0 Å². The highest BCUT2D eigenvalue weighted by molar-refractivity contribution is 5.81. The summed E-state index contributed by atoms with van der Waals surface area (Å²) in [6, 6.07) is 5.42. The average Bonchev–Trinajstić information content (AvgIpc) is 2.48. The highest BCUT2D eigenvalue weighted by Gasteiger charge is 2.22. The molecule has 1 aromatic heterocycles. The molecule has 1 aromatic rings. The molecule has 0 radical (unpaired) electrons. The molecule has 0 spiro atoms. The predicted octanol–water partition coefficient (Wildman–Crippen LogP) is 0.373. The summed E-state index contributed by atoms with van der Waals surface area (Å²) in [7, 11) is 1.80. The zero-order valence-corrected chi connectivity index (χ0v) is 11.5. The number of pyridine rings is 1. The summed E-state index contributed by atoms with van der Waals surface area (Å²) in [6.07, 6.45) is 2.50. The van der Waals surface area contributed by atoms with Crippen molar-refractivity contribution in [3.63, 3.8) is 0 Å². The Morgan fingerprint density at radius 1 is 1.55 bits per heavy atom. The number of aliphatic hydroxyl groups excluding tert-OH is 1. The van der Waals surface area contributed by atoms with Gasteiger partial charge in [0, 0.05) is 26.3 Å². The SMILES string of the molecule is CN(CC(=O)N1CCC(O)CC1)c1ccc(C#N)cn1. The van der Waals surface area contributed by atoms with Gasteiger partial charge in [-0.15, -0.1) is 0 Å². The van der Waals surface area contributed by atoms with E-state index in [1.165, 1.54) is 6.20 Å². The van der Waals surface area contributed by atoms with Crippen molar-refractivity contribution in [2.24, 2.45) is 0 Å². The average molecular weight is 274 g/mol. The number of likely N-dealkylation sites (N-methyl/N-ethyl adjacent to an activating group) is 1. The van der Waals surface area contributed by atoms with Crippen molar-refractivity contribution in [2.75, 3.05) is 31.6 Å². The third kappa shape index (κ3) is 3.45. The van der Waals surface area contributed by atoms with Crippen LogP contribution in [-0.4, -0.2) is 53.7 Å². The van der Waals surface area contributed by atoms with Crippen LogP contribution >= 0.6 is 0 Å². The molecule has 2 heterocycles. The fourth-order valence-corrected chi connectivity index (χ4v) is 2.18. The molecular formula is C14H18N4O2. The third-order valence-electron chi connectivity index (χ3n) is 3.46. The molecule has 106 valence electrons. The second kappa shape index (κ2) is 6.35. The summed E-state index contributed by atoms with van der Waals surface area (Å²) in [5.74, 6) is 0.694. The standard InChI is InChI=1S/C14H18N4O2/c1-17(13-3-2-11(8-15)9-16-13)10-14(20)18-6-4-12(19)5-7-18/h2-3,9,12,19H,4-7,10H2,1H3. The van der Waals surface area contributed by atoms with Crippen LogP contribution in [0.25, 0.3) is 0 Å². The van der Waals surface area contributed by atoms with E-state index in [0.717, 1.165) is 0 Å². The normalized spacial score (nSPS) is 15.8. The maximum absolute atomic E-state index is 12.1. The van der Waals surface area contributed by atoms with Crippen LogP contribution in [0.4, 0.5) is 5.82 Å². The van der Waals surface area contributed by atoms with Crippen LogP contribution in [0.15, 0.2) is 18.3 Å². The first-order valence-electron chi connectivity index (χ1n) is 6.63. The van der Waals surface area contributed by atoms with E-state index in [2.05, 4.69) is 4.98 Å². The van der Waals surface area contributed by atoms with Gasteiger partial charge in [0.25, 0.3) is 0 Å². The van der Waals surface area contributed by atoms with E-state index in [-0.39, 0.29) is 18.6 Å². The highest BCUT2D eigenvalue weighted by atomic mass is 16.3. The van der Waals surface area contributed by atoms with Gasteiger partial charge in [-0.05, 0) is 25.0 Å². The van der Waals surface area contributed by atoms with Gasteiger partial charge in [0.1, 0.15) is 11.9 Å². The first-order chi connectivity index (χ1) is 9.60. The Balaban J connectivity index is 1.91. The minimum absolute atomic E-state index is 0.0329. The van der Waals surface area contributed by atoms with E-state index in [0.29, 0.717) is 37.3 Å². The predicted molar refractivity (Wildman–Crippen MR) is 74.0 cm³/mol. The molecule has 6 heteroatoms. The number of aromatic nitrogens is 1.